The van der Waals surface area contributed by atoms with Crippen molar-refractivity contribution in [1.82, 2.24) is 4.31 Å². The molecular weight excluding hydrogens is 286 g/mol. The highest BCUT2D eigenvalue weighted by atomic mass is 32.2. The van der Waals surface area contributed by atoms with Crippen LogP contribution in [0.4, 0.5) is 0 Å². The largest absolute Gasteiger partial charge is 0.477 e. The quantitative estimate of drug-likeness (QED) is 0.875. The van der Waals surface area contributed by atoms with Gasteiger partial charge in [-0.1, -0.05) is 6.92 Å². The minimum absolute atomic E-state index is 0.0725. The molecule has 1 saturated carbocycles. The lowest BCUT2D eigenvalue weighted by Gasteiger charge is -2.20. The summed E-state index contributed by atoms with van der Waals surface area (Å²) in [5, 5.41) is 8.95. The molecule has 0 aromatic carbocycles. The standard InChI is InChI=1S/C12H17NO4S2/c1-3-6-13(9-4-5-9)19(16,17)11-7-10(12(14)15)18-8(11)2/h7,9H,3-6H2,1-2H3,(H,14,15). The number of carboxylic acid groups (broad SMARTS) is 1. The summed E-state index contributed by atoms with van der Waals surface area (Å²) in [6.45, 7) is 4.08. The van der Waals surface area contributed by atoms with E-state index in [9.17, 15) is 13.2 Å². The molecule has 1 aliphatic carbocycles. The highest BCUT2D eigenvalue weighted by Crippen LogP contribution is 2.35. The average Bonchev–Trinajstić information content (AvgIpc) is 3.07. The molecule has 0 spiro atoms. The van der Waals surface area contributed by atoms with Crippen molar-refractivity contribution in [3.8, 4) is 0 Å². The van der Waals surface area contributed by atoms with Gasteiger partial charge in [-0.25, -0.2) is 13.2 Å². The molecule has 0 radical (unpaired) electrons. The van der Waals surface area contributed by atoms with E-state index in [-0.39, 0.29) is 15.8 Å². The monoisotopic (exact) mass is 303 g/mol. The van der Waals surface area contributed by atoms with Gasteiger partial charge in [0.15, 0.2) is 0 Å². The van der Waals surface area contributed by atoms with Crippen LogP contribution in [0, 0.1) is 6.92 Å². The lowest BCUT2D eigenvalue weighted by molar-refractivity contribution is 0.0702. The van der Waals surface area contributed by atoms with E-state index < -0.39 is 16.0 Å². The number of nitrogens with zero attached hydrogens (tertiary/aromatic N) is 1. The molecule has 1 aromatic rings. The molecule has 1 heterocycles. The van der Waals surface area contributed by atoms with Crippen LogP contribution in [0.2, 0.25) is 0 Å². The normalized spacial score (nSPS) is 15.9. The Hall–Kier alpha value is -0.920. The van der Waals surface area contributed by atoms with Crippen LogP contribution in [-0.4, -0.2) is 36.4 Å². The third-order valence-electron chi connectivity index (χ3n) is 3.07. The maximum atomic E-state index is 12.6. The van der Waals surface area contributed by atoms with Gasteiger partial charge in [0.25, 0.3) is 0 Å². The number of carboxylic acids is 1. The molecule has 0 saturated heterocycles. The predicted molar refractivity (Wildman–Crippen MR) is 73.2 cm³/mol. The van der Waals surface area contributed by atoms with Gasteiger partial charge in [0.05, 0.1) is 4.90 Å². The molecule has 0 bridgehead atoms. The first kappa shape index (κ1) is 14.5. The Balaban J connectivity index is 2.40. The van der Waals surface area contributed by atoms with Crippen molar-refractivity contribution in [1.29, 1.82) is 0 Å². The van der Waals surface area contributed by atoms with Crippen LogP contribution in [0.15, 0.2) is 11.0 Å². The number of rotatable bonds is 6. The van der Waals surface area contributed by atoms with Crippen LogP contribution in [-0.2, 0) is 10.0 Å². The molecule has 1 aliphatic rings. The topological polar surface area (TPSA) is 74.7 Å². The van der Waals surface area contributed by atoms with E-state index in [2.05, 4.69) is 0 Å². The number of carbonyl (C=O) groups is 1. The van der Waals surface area contributed by atoms with E-state index in [1.54, 1.807) is 6.92 Å². The second-order valence-corrected chi connectivity index (χ2v) is 7.80. The zero-order valence-corrected chi connectivity index (χ0v) is 12.6. The predicted octanol–water partition coefficient (Wildman–Crippen LogP) is 2.32. The van der Waals surface area contributed by atoms with Gasteiger partial charge in [0.1, 0.15) is 4.88 Å². The number of aryl methyl sites for hydroxylation is 1. The van der Waals surface area contributed by atoms with Crippen molar-refractivity contribution in [3.63, 3.8) is 0 Å². The van der Waals surface area contributed by atoms with E-state index in [0.717, 1.165) is 30.6 Å². The second kappa shape index (κ2) is 5.22. The molecule has 5 nitrogen and oxygen atoms in total. The number of aromatic carboxylic acids is 1. The van der Waals surface area contributed by atoms with Gasteiger partial charge in [0.2, 0.25) is 10.0 Å². The van der Waals surface area contributed by atoms with E-state index in [1.165, 1.54) is 10.4 Å². The minimum atomic E-state index is -3.56. The first-order valence-electron chi connectivity index (χ1n) is 6.23. The summed E-state index contributed by atoms with van der Waals surface area (Å²) in [6.07, 6.45) is 2.55. The van der Waals surface area contributed by atoms with Gasteiger partial charge >= 0.3 is 5.97 Å². The fraction of sp³-hybridized carbons (Fsp3) is 0.583. The van der Waals surface area contributed by atoms with Crippen molar-refractivity contribution in [2.75, 3.05) is 6.54 Å². The molecule has 2 rings (SSSR count). The summed E-state index contributed by atoms with van der Waals surface area (Å²) in [6, 6.07) is 1.38. The van der Waals surface area contributed by atoms with Crippen LogP contribution in [0.25, 0.3) is 0 Å². The summed E-state index contributed by atoms with van der Waals surface area (Å²) in [5.41, 5.74) is 0. The fourth-order valence-corrected chi connectivity index (χ4v) is 5.21. The number of thiophene rings is 1. The van der Waals surface area contributed by atoms with Crippen LogP contribution < -0.4 is 0 Å². The molecule has 0 atom stereocenters. The zero-order chi connectivity index (χ0) is 14.2. The van der Waals surface area contributed by atoms with E-state index in [1.807, 2.05) is 6.92 Å². The Morgan fingerprint density at radius 3 is 2.58 bits per heavy atom. The molecule has 106 valence electrons. The molecule has 1 N–H and O–H groups in total. The molecule has 7 heteroatoms. The third kappa shape index (κ3) is 2.82. The molecule has 19 heavy (non-hydrogen) atoms. The fourth-order valence-electron chi connectivity index (χ4n) is 2.04. The average molecular weight is 303 g/mol. The third-order valence-corrected chi connectivity index (χ3v) is 6.31. The Labute approximate surface area is 116 Å². The lowest BCUT2D eigenvalue weighted by atomic mass is 10.4. The first-order valence-corrected chi connectivity index (χ1v) is 8.49. The smallest absolute Gasteiger partial charge is 0.345 e. The van der Waals surface area contributed by atoms with E-state index in [4.69, 9.17) is 5.11 Å². The first-order chi connectivity index (χ1) is 8.87. The van der Waals surface area contributed by atoms with Crippen molar-refractivity contribution in [3.05, 3.63) is 15.8 Å². The van der Waals surface area contributed by atoms with Crippen molar-refractivity contribution >= 4 is 27.3 Å². The van der Waals surface area contributed by atoms with Gasteiger partial charge in [-0.2, -0.15) is 4.31 Å². The summed E-state index contributed by atoms with van der Waals surface area (Å²) in [4.78, 5) is 11.7. The maximum Gasteiger partial charge on any atom is 0.345 e. The molecule has 1 aromatic heterocycles. The van der Waals surface area contributed by atoms with Gasteiger partial charge in [-0.15, -0.1) is 11.3 Å². The highest BCUT2D eigenvalue weighted by molar-refractivity contribution is 7.89. The Morgan fingerprint density at radius 2 is 2.16 bits per heavy atom. The van der Waals surface area contributed by atoms with Crippen LogP contribution >= 0.6 is 11.3 Å². The van der Waals surface area contributed by atoms with Crippen molar-refractivity contribution in [2.45, 2.75) is 44.0 Å². The molecule has 0 amide bonds. The zero-order valence-electron chi connectivity index (χ0n) is 10.9. The van der Waals surface area contributed by atoms with Gasteiger partial charge in [0, 0.05) is 17.5 Å². The van der Waals surface area contributed by atoms with Crippen LogP contribution in [0.3, 0.4) is 0 Å². The summed E-state index contributed by atoms with van der Waals surface area (Å²) in [5.74, 6) is -1.08. The number of hydrogen-bond donors (Lipinski definition) is 1. The summed E-state index contributed by atoms with van der Waals surface area (Å²) >= 11 is 1.01. The Kier molecular flexibility index (Phi) is 3.98. The second-order valence-electron chi connectivity index (χ2n) is 4.68. The maximum absolute atomic E-state index is 12.6. The molecule has 0 aliphatic heterocycles. The van der Waals surface area contributed by atoms with Gasteiger partial charge in [-0.05, 0) is 32.3 Å². The SMILES string of the molecule is CCCN(C1CC1)S(=O)(=O)c1cc(C(=O)O)sc1C. The van der Waals surface area contributed by atoms with Crippen LogP contribution in [0.1, 0.15) is 40.7 Å². The van der Waals surface area contributed by atoms with Crippen LogP contribution in [0.5, 0.6) is 0 Å². The highest BCUT2D eigenvalue weighted by Gasteiger charge is 2.38. The summed E-state index contributed by atoms with van der Waals surface area (Å²) in [7, 11) is -3.56. The van der Waals surface area contributed by atoms with E-state index >= 15 is 0 Å². The number of sulfonamides is 1. The van der Waals surface area contributed by atoms with Gasteiger partial charge < -0.3 is 5.11 Å². The Bertz CT molecular complexity index is 587. The summed E-state index contributed by atoms with van der Waals surface area (Å²) < 4.78 is 26.7. The molecule has 1 fully saturated rings. The minimum Gasteiger partial charge on any atom is -0.477 e. The Morgan fingerprint density at radius 1 is 1.53 bits per heavy atom. The van der Waals surface area contributed by atoms with Crippen molar-refractivity contribution < 1.29 is 18.3 Å². The van der Waals surface area contributed by atoms with Crippen molar-refractivity contribution in [2.24, 2.45) is 0 Å². The molecule has 0 unspecified atom stereocenters. The van der Waals surface area contributed by atoms with Gasteiger partial charge in [-0.3, -0.25) is 0 Å². The lowest BCUT2D eigenvalue weighted by Crippen LogP contribution is -2.33. The van der Waals surface area contributed by atoms with E-state index in [0.29, 0.717) is 11.4 Å². The number of hydrogen-bond acceptors (Lipinski definition) is 4. The molecular formula is C12H17NO4S2.